The molecule has 35 heavy (non-hydrogen) atoms. The largest absolute Gasteiger partial charge is 0.496 e. The monoisotopic (exact) mass is 476 g/mol. The van der Waals surface area contributed by atoms with Crippen molar-refractivity contribution in [3.8, 4) is 28.7 Å². The highest BCUT2D eigenvalue weighted by Crippen LogP contribution is 2.52. The van der Waals surface area contributed by atoms with Crippen molar-refractivity contribution < 1.29 is 33.2 Å². The molecule has 0 unspecified atom stereocenters. The Bertz CT molecular complexity index is 1390. The molecule has 4 aromatic carbocycles. The molecule has 0 fully saturated rings. The standard InChI is InChI=1S/C28H28O7/c1-16-22-18(14-21(32-4)23(16)28(29)35-15-17-10-8-7-9-11-17)26(33-5)24-19(30-2)12-13-20(31-3)25(24)27(22)34-6/h7-14H,15H2,1-6H3. The maximum atomic E-state index is 13.3. The summed E-state index contributed by atoms with van der Waals surface area (Å²) in [5.41, 5.74) is 1.84. The smallest absolute Gasteiger partial charge is 0.342 e. The van der Waals surface area contributed by atoms with E-state index in [2.05, 4.69) is 0 Å². The predicted octanol–water partition coefficient (Wildman–Crippen LogP) is 5.70. The van der Waals surface area contributed by atoms with E-state index in [4.69, 9.17) is 28.4 Å². The zero-order valence-electron chi connectivity index (χ0n) is 20.7. The van der Waals surface area contributed by atoms with E-state index in [0.717, 1.165) is 5.56 Å². The van der Waals surface area contributed by atoms with E-state index in [9.17, 15) is 4.79 Å². The van der Waals surface area contributed by atoms with Gasteiger partial charge in [-0.25, -0.2) is 4.79 Å². The first kappa shape index (κ1) is 24.0. The summed E-state index contributed by atoms with van der Waals surface area (Å²) in [7, 11) is 7.86. The van der Waals surface area contributed by atoms with Gasteiger partial charge in [-0.3, -0.25) is 0 Å². The Balaban J connectivity index is 2.03. The molecule has 4 aromatic rings. The molecule has 7 nitrogen and oxygen atoms in total. The molecule has 0 bridgehead atoms. The minimum atomic E-state index is -0.496. The van der Waals surface area contributed by atoms with Gasteiger partial charge in [-0.2, -0.15) is 0 Å². The van der Waals surface area contributed by atoms with E-state index in [1.54, 1.807) is 34.5 Å². The number of benzene rings is 4. The van der Waals surface area contributed by atoms with Gasteiger partial charge in [0.1, 0.15) is 40.9 Å². The highest BCUT2D eigenvalue weighted by Gasteiger charge is 2.28. The molecule has 0 aromatic heterocycles. The molecule has 0 aliphatic rings. The molecule has 0 aliphatic carbocycles. The Morgan fingerprint density at radius 1 is 0.686 bits per heavy atom. The summed E-state index contributed by atoms with van der Waals surface area (Å²) in [5, 5.41) is 2.77. The number of esters is 1. The summed E-state index contributed by atoms with van der Waals surface area (Å²) in [5.74, 6) is 2.14. The van der Waals surface area contributed by atoms with E-state index in [1.165, 1.54) is 7.11 Å². The molecule has 0 amide bonds. The highest BCUT2D eigenvalue weighted by atomic mass is 16.5. The fraction of sp³-hybridized carbons (Fsp3) is 0.250. The third-order valence-electron chi connectivity index (χ3n) is 6.08. The number of methoxy groups -OCH3 is 5. The summed E-state index contributed by atoms with van der Waals surface area (Å²) in [6, 6.07) is 14.9. The number of rotatable bonds is 8. The third-order valence-corrected chi connectivity index (χ3v) is 6.08. The minimum Gasteiger partial charge on any atom is -0.496 e. The van der Waals surface area contributed by atoms with Gasteiger partial charge in [0.05, 0.1) is 46.3 Å². The van der Waals surface area contributed by atoms with Crippen molar-refractivity contribution in [2.75, 3.05) is 35.5 Å². The molecular formula is C28H28O7. The summed E-state index contributed by atoms with van der Waals surface area (Å²) in [4.78, 5) is 13.3. The van der Waals surface area contributed by atoms with Crippen molar-refractivity contribution in [1.29, 1.82) is 0 Å². The summed E-state index contributed by atoms with van der Waals surface area (Å²) < 4.78 is 34.4. The molecule has 7 heteroatoms. The molecule has 0 aliphatic heterocycles. The quantitative estimate of drug-likeness (QED) is 0.239. The number of hydrogen-bond donors (Lipinski definition) is 0. The fourth-order valence-corrected chi connectivity index (χ4v) is 4.50. The van der Waals surface area contributed by atoms with Gasteiger partial charge in [-0.1, -0.05) is 30.3 Å². The molecule has 0 saturated carbocycles. The van der Waals surface area contributed by atoms with Crippen molar-refractivity contribution >= 4 is 27.5 Å². The van der Waals surface area contributed by atoms with Gasteiger partial charge < -0.3 is 28.4 Å². The average molecular weight is 477 g/mol. The number of carbonyl (C=O) groups excluding carboxylic acids is 1. The van der Waals surface area contributed by atoms with Crippen LogP contribution in [0.15, 0.2) is 48.5 Å². The van der Waals surface area contributed by atoms with Crippen molar-refractivity contribution in [1.82, 2.24) is 0 Å². The molecule has 4 rings (SSSR count). The first-order valence-corrected chi connectivity index (χ1v) is 11.0. The van der Waals surface area contributed by atoms with Gasteiger partial charge in [0.25, 0.3) is 0 Å². The number of carbonyl (C=O) groups is 1. The highest BCUT2D eigenvalue weighted by molar-refractivity contribution is 6.18. The molecule has 0 atom stereocenters. The van der Waals surface area contributed by atoms with Crippen LogP contribution in [0.1, 0.15) is 21.5 Å². The number of hydrogen-bond acceptors (Lipinski definition) is 7. The summed E-state index contributed by atoms with van der Waals surface area (Å²) in [6.07, 6.45) is 0. The lowest BCUT2D eigenvalue weighted by molar-refractivity contribution is 0.0468. The van der Waals surface area contributed by atoms with Crippen molar-refractivity contribution in [2.45, 2.75) is 13.5 Å². The van der Waals surface area contributed by atoms with Crippen molar-refractivity contribution in [2.24, 2.45) is 0 Å². The maximum absolute atomic E-state index is 13.3. The van der Waals surface area contributed by atoms with Crippen LogP contribution in [-0.4, -0.2) is 41.5 Å². The second-order valence-electron chi connectivity index (χ2n) is 7.85. The number of fused-ring (bicyclic) bond motifs is 2. The van der Waals surface area contributed by atoms with E-state index in [0.29, 0.717) is 61.4 Å². The van der Waals surface area contributed by atoms with Crippen LogP contribution in [0.3, 0.4) is 0 Å². The van der Waals surface area contributed by atoms with Crippen molar-refractivity contribution in [3.63, 3.8) is 0 Å². The van der Waals surface area contributed by atoms with Crippen LogP contribution in [0.2, 0.25) is 0 Å². The maximum Gasteiger partial charge on any atom is 0.342 e. The number of aryl methyl sites for hydroxylation is 1. The zero-order chi connectivity index (χ0) is 25.1. The summed E-state index contributed by atoms with van der Waals surface area (Å²) >= 11 is 0. The van der Waals surface area contributed by atoms with Crippen LogP contribution in [0, 0.1) is 6.92 Å². The van der Waals surface area contributed by atoms with Gasteiger partial charge in [0.2, 0.25) is 0 Å². The number of ether oxygens (including phenoxy) is 6. The van der Waals surface area contributed by atoms with Crippen LogP contribution in [0.4, 0.5) is 0 Å². The lowest BCUT2D eigenvalue weighted by Gasteiger charge is -2.22. The Morgan fingerprint density at radius 2 is 1.26 bits per heavy atom. The average Bonchev–Trinajstić information content (AvgIpc) is 2.90. The van der Waals surface area contributed by atoms with E-state index in [1.807, 2.05) is 49.4 Å². The lowest BCUT2D eigenvalue weighted by Crippen LogP contribution is -2.10. The molecule has 182 valence electrons. The lowest BCUT2D eigenvalue weighted by atomic mass is 9.93. The fourth-order valence-electron chi connectivity index (χ4n) is 4.50. The first-order valence-electron chi connectivity index (χ1n) is 11.0. The Kier molecular flexibility index (Phi) is 6.87. The molecule has 0 radical (unpaired) electrons. The van der Waals surface area contributed by atoms with Crippen LogP contribution in [0.5, 0.6) is 28.7 Å². The summed E-state index contributed by atoms with van der Waals surface area (Å²) in [6.45, 7) is 1.98. The van der Waals surface area contributed by atoms with Crippen molar-refractivity contribution in [3.05, 3.63) is 65.2 Å². The molecule has 0 spiro atoms. The van der Waals surface area contributed by atoms with Crippen LogP contribution >= 0.6 is 0 Å². The van der Waals surface area contributed by atoms with E-state index in [-0.39, 0.29) is 6.61 Å². The predicted molar refractivity (Wildman–Crippen MR) is 135 cm³/mol. The van der Waals surface area contributed by atoms with Crippen LogP contribution in [-0.2, 0) is 11.3 Å². The SMILES string of the molecule is COc1cc2c(OC)c3c(OC)ccc(OC)c3c(OC)c2c(C)c1C(=O)OCc1ccccc1. The molecular weight excluding hydrogens is 448 g/mol. The van der Waals surface area contributed by atoms with Gasteiger partial charge in [-0.15, -0.1) is 0 Å². The third kappa shape index (κ3) is 4.03. The van der Waals surface area contributed by atoms with Gasteiger partial charge in [0, 0.05) is 10.8 Å². The molecule has 0 N–H and O–H groups in total. The van der Waals surface area contributed by atoms with E-state index >= 15 is 0 Å². The second kappa shape index (κ2) is 10.0. The first-order chi connectivity index (χ1) is 17.0. The Hall–Kier alpha value is -4.13. The zero-order valence-corrected chi connectivity index (χ0v) is 20.7. The Morgan fingerprint density at radius 3 is 1.80 bits per heavy atom. The van der Waals surface area contributed by atoms with E-state index < -0.39 is 5.97 Å². The topological polar surface area (TPSA) is 72.5 Å². The van der Waals surface area contributed by atoms with Crippen LogP contribution < -0.4 is 23.7 Å². The molecule has 0 heterocycles. The Labute approximate surface area is 204 Å². The second-order valence-corrected chi connectivity index (χ2v) is 7.85. The minimum absolute atomic E-state index is 0.142. The van der Waals surface area contributed by atoms with Gasteiger partial charge in [-0.05, 0) is 36.2 Å². The van der Waals surface area contributed by atoms with Gasteiger partial charge in [0.15, 0.2) is 0 Å². The molecule has 0 saturated heterocycles. The van der Waals surface area contributed by atoms with Crippen LogP contribution in [0.25, 0.3) is 21.5 Å². The normalized spacial score (nSPS) is 10.8. The van der Waals surface area contributed by atoms with Gasteiger partial charge >= 0.3 is 5.97 Å².